The van der Waals surface area contributed by atoms with Gasteiger partial charge in [-0.2, -0.15) is 0 Å². The molecule has 3 aliphatic rings. The molecule has 6 nitrogen and oxygen atoms in total. The molecule has 2 aliphatic heterocycles. The molecule has 3 fully saturated rings. The first-order chi connectivity index (χ1) is 11.7. The number of nitrogens with zero attached hydrogens (tertiary/aromatic N) is 4. The van der Waals surface area contributed by atoms with Crippen LogP contribution in [0.1, 0.15) is 41.1 Å². The quantitative estimate of drug-likeness (QED) is 0.828. The molecule has 2 atom stereocenters. The van der Waals surface area contributed by atoms with Crippen molar-refractivity contribution in [2.24, 2.45) is 11.3 Å². The standard InChI is InChI=1S/C17H22N4O2S/c1-11-14(24-10-18-11)6-21-5-13-7-22-9-17(13,8-21)4-15-19-20-16(23-15)12-2-3-12/h10,12-13H,2-9H2,1H3/t13-,17+/m1/s1. The van der Waals surface area contributed by atoms with Gasteiger partial charge in [-0.25, -0.2) is 4.98 Å². The molecule has 0 radical (unpaired) electrons. The molecule has 2 saturated heterocycles. The zero-order valence-electron chi connectivity index (χ0n) is 13.9. The Hall–Kier alpha value is -1.31. The van der Waals surface area contributed by atoms with Crippen LogP contribution in [0.3, 0.4) is 0 Å². The maximum Gasteiger partial charge on any atom is 0.219 e. The number of hydrogen-bond acceptors (Lipinski definition) is 7. The Morgan fingerprint density at radius 1 is 1.38 bits per heavy atom. The van der Waals surface area contributed by atoms with E-state index in [4.69, 9.17) is 9.15 Å². The maximum absolute atomic E-state index is 5.93. The summed E-state index contributed by atoms with van der Waals surface area (Å²) in [5.74, 6) is 2.71. The molecular formula is C17H22N4O2S. The van der Waals surface area contributed by atoms with Gasteiger partial charge in [0.25, 0.3) is 0 Å². The fraction of sp³-hybridized carbons (Fsp3) is 0.706. The number of aromatic nitrogens is 3. The molecule has 2 aromatic rings. The second kappa shape index (κ2) is 5.61. The minimum absolute atomic E-state index is 0.131. The molecule has 0 amide bonds. The molecule has 0 bridgehead atoms. The van der Waals surface area contributed by atoms with E-state index < -0.39 is 0 Å². The summed E-state index contributed by atoms with van der Waals surface area (Å²) in [6.07, 6.45) is 3.23. The summed E-state index contributed by atoms with van der Waals surface area (Å²) < 4.78 is 11.8. The highest BCUT2D eigenvalue weighted by Gasteiger charge is 2.51. The highest BCUT2D eigenvalue weighted by molar-refractivity contribution is 7.09. The van der Waals surface area contributed by atoms with E-state index in [1.165, 1.54) is 17.7 Å². The molecule has 0 unspecified atom stereocenters. The molecule has 1 saturated carbocycles. The summed E-state index contributed by atoms with van der Waals surface area (Å²) in [6.45, 7) is 6.86. The van der Waals surface area contributed by atoms with Gasteiger partial charge in [0, 0.05) is 48.2 Å². The van der Waals surface area contributed by atoms with E-state index >= 15 is 0 Å². The van der Waals surface area contributed by atoms with Crippen molar-refractivity contribution in [3.8, 4) is 0 Å². The second-order valence-corrected chi connectivity index (χ2v) is 8.53. The SMILES string of the molecule is Cc1ncsc1CN1C[C@@H]2COC[C@]2(Cc2nnc(C3CC3)o2)C1. The molecule has 128 valence electrons. The summed E-state index contributed by atoms with van der Waals surface area (Å²) in [5, 5.41) is 8.56. The van der Waals surface area contributed by atoms with Crippen LogP contribution in [0.4, 0.5) is 0 Å². The van der Waals surface area contributed by atoms with Crippen molar-refractivity contribution in [1.29, 1.82) is 0 Å². The lowest BCUT2D eigenvalue weighted by Gasteiger charge is -2.25. The van der Waals surface area contributed by atoms with Crippen molar-refractivity contribution in [2.45, 2.75) is 38.6 Å². The first kappa shape index (κ1) is 15.0. The summed E-state index contributed by atoms with van der Waals surface area (Å²) >= 11 is 1.76. The lowest BCUT2D eigenvalue weighted by atomic mass is 9.78. The Kier molecular flexibility index (Phi) is 3.50. The lowest BCUT2D eigenvalue weighted by Crippen LogP contribution is -2.33. The fourth-order valence-electron chi connectivity index (χ4n) is 4.13. The number of hydrogen-bond donors (Lipinski definition) is 0. The molecule has 4 heterocycles. The zero-order valence-corrected chi connectivity index (χ0v) is 14.7. The van der Waals surface area contributed by atoms with Gasteiger partial charge in [-0.1, -0.05) is 0 Å². The monoisotopic (exact) mass is 346 g/mol. The topological polar surface area (TPSA) is 64.3 Å². The average molecular weight is 346 g/mol. The third kappa shape index (κ3) is 2.59. The Balaban J connectivity index is 1.32. The third-order valence-corrected chi connectivity index (χ3v) is 6.64. The van der Waals surface area contributed by atoms with E-state index in [1.807, 2.05) is 5.51 Å². The summed E-state index contributed by atoms with van der Waals surface area (Å²) in [6, 6.07) is 0. The number of fused-ring (bicyclic) bond motifs is 1. The van der Waals surface area contributed by atoms with E-state index in [-0.39, 0.29) is 5.41 Å². The lowest BCUT2D eigenvalue weighted by molar-refractivity contribution is 0.123. The molecule has 0 aromatic carbocycles. The van der Waals surface area contributed by atoms with E-state index in [0.29, 0.717) is 11.8 Å². The molecule has 7 heteroatoms. The van der Waals surface area contributed by atoms with Crippen LogP contribution in [-0.4, -0.2) is 46.4 Å². The predicted octanol–water partition coefficient (Wildman–Crippen LogP) is 2.40. The van der Waals surface area contributed by atoms with Crippen LogP contribution in [0.25, 0.3) is 0 Å². The van der Waals surface area contributed by atoms with Crippen molar-refractivity contribution in [3.63, 3.8) is 0 Å². The summed E-state index contributed by atoms with van der Waals surface area (Å²) in [5.41, 5.74) is 3.23. The smallest absolute Gasteiger partial charge is 0.219 e. The van der Waals surface area contributed by atoms with Crippen molar-refractivity contribution < 1.29 is 9.15 Å². The first-order valence-electron chi connectivity index (χ1n) is 8.73. The number of likely N-dealkylation sites (tertiary alicyclic amines) is 1. The Morgan fingerprint density at radius 3 is 3.08 bits per heavy atom. The van der Waals surface area contributed by atoms with Gasteiger partial charge < -0.3 is 9.15 Å². The molecule has 1 aliphatic carbocycles. The normalized spacial score (nSPS) is 30.1. The minimum atomic E-state index is 0.131. The maximum atomic E-state index is 5.93. The van der Waals surface area contributed by atoms with Crippen LogP contribution in [0.2, 0.25) is 0 Å². The van der Waals surface area contributed by atoms with E-state index in [1.54, 1.807) is 11.3 Å². The highest BCUT2D eigenvalue weighted by atomic mass is 32.1. The highest BCUT2D eigenvalue weighted by Crippen LogP contribution is 2.45. The van der Waals surface area contributed by atoms with Crippen molar-refractivity contribution in [1.82, 2.24) is 20.1 Å². The van der Waals surface area contributed by atoms with E-state index in [0.717, 1.165) is 56.7 Å². The summed E-state index contributed by atoms with van der Waals surface area (Å²) in [4.78, 5) is 8.30. The van der Waals surface area contributed by atoms with Gasteiger partial charge in [-0.3, -0.25) is 4.90 Å². The van der Waals surface area contributed by atoms with Crippen LogP contribution in [-0.2, 0) is 17.7 Å². The number of rotatable bonds is 5. The van der Waals surface area contributed by atoms with Crippen LogP contribution in [0.5, 0.6) is 0 Å². The molecule has 0 N–H and O–H groups in total. The zero-order chi connectivity index (χ0) is 16.1. The third-order valence-electron chi connectivity index (χ3n) is 5.72. The Labute approximate surface area is 145 Å². The minimum Gasteiger partial charge on any atom is -0.425 e. The number of thiazole rings is 1. The van der Waals surface area contributed by atoms with Gasteiger partial charge in [-0.15, -0.1) is 21.5 Å². The molecule has 0 spiro atoms. The largest absolute Gasteiger partial charge is 0.425 e. The average Bonchev–Trinajstić information content (AvgIpc) is 2.86. The number of ether oxygens (including phenoxy) is 1. The molecule has 2 aromatic heterocycles. The van der Waals surface area contributed by atoms with Gasteiger partial charge in [-0.05, 0) is 19.8 Å². The first-order valence-corrected chi connectivity index (χ1v) is 9.61. The van der Waals surface area contributed by atoms with Crippen LogP contribution >= 0.6 is 11.3 Å². The van der Waals surface area contributed by atoms with Gasteiger partial charge >= 0.3 is 0 Å². The van der Waals surface area contributed by atoms with Crippen molar-refractivity contribution in [3.05, 3.63) is 27.9 Å². The molecule has 24 heavy (non-hydrogen) atoms. The van der Waals surface area contributed by atoms with Gasteiger partial charge in [0.05, 0.1) is 24.4 Å². The van der Waals surface area contributed by atoms with Crippen molar-refractivity contribution >= 4 is 11.3 Å². The number of aryl methyl sites for hydroxylation is 1. The van der Waals surface area contributed by atoms with Gasteiger partial charge in [0.2, 0.25) is 11.8 Å². The van der Waals surface area contributed by atoms with Crippen LogP contribution < -0.4 is 0 Å². The Morgan fingerprint density at radius 2 is 2.29 bits per heavy atom. The van der Waals surface area contributed by atoms with Crippen LogP contribution in [0.15, 0.2) is 9.93 Å². The summed E-state index contributed by atoms with van der Waals surface area (Å²) in [7, 11) is 0. The fourth-order valence-corrected chi connectivity index (χ4v) is 4.95. The second-order valence-electron chi connectivity index (χ2n) is 7.59. The van der Waals surface area contributed by atoms with E-state index in [9.17, 15) is 0 Å². The van der Waals surface area contributed by atoms with E-state index in [2.05, 4.69) is 27.0 Å². The van der Waals surface area contributed by atoms with Crippen LogP contribution in [0, 0.1) is 18.3 Å². The molecular weight excluding hydrogens is 324 g/mol. The Bertz CT molecular complexity index is 741. The molecule has 5 rings (SSSR count). The van der Waals surface area contributed by atoms with Gasteiger partial charge in [0.1, 0.15) is 0 Å². The van der Waals surface area contributed by atoms with Crippen molar-refractivity contribution in [2.75, 3.05) is 26.3 Å². The van der Waals surface area contributed by atoms with Gasteiger partial charge in [0.15, 0.2) is 0 Å². The predicted molar refractivity (Wildman–Crippen MR) is 88.8 cm³/mol.